The number of hydrogen-bond donors (Lipinski definition) is 2. The lowest BCUT2D eigenvalue weighted by Crippen LogP contribution is -2.17. The minimum atomic E-state index is -0.317. The summed E-state index contributed by atoms with van der Waals surface area (Å²) in [5, 5.41) is 10.9. The molecule has 0 bridgehead atoms. The molecule has 206 valence electrons. The molecule has 5 aromatic rings. The van der Waals surface area contributed by atoms with E-state index in [1.807, 2.05) is 60.0 Å². The van der Waals surface area contributed by atoms with Crippen LogP contribution in [0.25, 0.3) is 11.3 Å². The third-order valence-corrected chi connectivity index (χ3v) is 7.13. The van der Waals surface area contributed by atoms with Crippen LogP contribution in [-0.4, -0.2) is 24.2 Å². The average Bonchev–Trinajstić information content (AvgIpc) is 3.47. The molecule has 4 aromatic carbocycles. The lowest BCUT2D eigenvalue weighted by molar-refractivity contribution is 0.0955. The zero-order chi connectivity index (χ0) is 28.6. The molecule has 5 rings (SSSR count). The molecule has 0 aliphatic carbocycles. The van der Waals surface area contributed by atoms with Crippen molar-refractivity contribution in [3.8, 4) is 22.8 Å². The van der Waals surface area contributed by atoms with E-state index >= 15 is 0 Å². The van der Waals surface area contributed by atoms with Crippen molar-refractivity contribution in [1.82, 2.24) is 10.4 Å². The van der Waals surface area contributed by atoms with Crippen molar-refractivity contribution in [2.24, 2.45) is 5.10 Å². The van der Waals surface area contributed by atoms with E-state index in [-0.39, 0.29) is 5.91 Å². The molecule has 0 saturated carbocycles. The topological polar surface area (TPSA) is 84.8 Å². The van der Waals surface area contributed by atoms with Crippen molar-refractivity contribution in [1.29, 1.82) is 0 Å². The van der Waals surface area contributed by atoms with Crippen LogP contribution in [-0.2, 0) is 6.61 Å². The SMILES string of the molecule is COc1cc(/C=N\NC(=O)c2ccc(-c3csc(Nc4ccc(C)cc4)n3)cc2)ccc1OCc1ccc(Cl)cc1. The summed E-state index contributed by atoms with van der Waals surface area (Å²) in [5.74, 6) is 0.841. The summed E-state index contributed by atoms with van der Waals surface area (Å²) in [7, 11) is 1.57. The third-order valence-electron chi connectivity index (χ3n) is 6.12. The minimum absolute atomic E-state index is 0.317. The zero-order valence-electron chi connectivity index (χ0n) is 22.4. The molecule has 0 aliphatic heterocycles. The number of methoxy groups -OCH3 is 1. The molecule has 0 atom stereocenters. The first kappa shape index (κ1) is 27.9. The normalized spacial score (nSPS) is 10.9. The Hall–Kier alpha value is -4.66. The van der Waals surface area contributed by atoms with Crippen molar-refractivity contribution in [2.45, 2.75) is 13.5 Å². The van der Waals surface area contributed by atoms with E-state index in [1.165, 1.54) is 16.9 Å². The number of aryl methyl sites for hydroxylation is 1. The fraction of sp³-hybridized carbons (Fsp3) is 0.0938. The van der Waals surface area contributed by atoms with Crippen LogP contribution in [0, 0.1) is 6.92 Å². The number of ether oxygens (including phenoxy) is 2. The monoisotopic (exact) mass is 582 g/mol. The largest absolute Gasteiger partial charge is 0.493 e. The Labute approximate surface area is 247 Å². The molecule has 1 aromatic heterocycles. The van der Waals surface area contributed by atoms with E-state index in [2.05, 4.69) is 39.9 Å². The smallest absolute Gasteiger partial charge is 0.271 e. The van der Waals surface area contributed by atoms with Gasteiger partial charge >= 0.3 is 0 Å². The second kappa shape index (κ2) is 13.1. The van der Waals surface area contributed by atoms with Gasteiger partial charge in [-0.05, 0) is 72.6 Å². The van der Waals surface area contributed by atoms with Gasteiger partial charge in [0.1, 0.15) is 6.61 Å². The van der Waals surface area contributed by atoms with Crippen LogP contribution in [0.1, 0.15) is 27.0 Å². The summed E-state index contributed by atoms with van der Waals surface area (Å²) in [6, 6.07) is 28.3. The molecule has 0 fully saturated rings. The Morgan fingerprint density at radius 3 is 2.46 bits per heavy atom. The van der Waals surface area contributed by atoms with Gasteiger partial charge in [-0.15, -0.1) is 11.3 Å². The molecule has 0 aliphatic rings. The Balaban J connectivity index is 1.15. The number of carbonyl (C=O) groups is 1. The zero-order valence-corrected chi connectivity index (χ0v) is 24.0. The predicted octanol–water partition coefficient (Wildman–Crippen LogP) is 7.87. The number of nitrogens with zero attached hydrogens (tertiary/aromatic N) is 2. The molecule has 0 unspecified atom stereocenters. The summed E-state index contributed by atoms with van der Waals surface area (Å²) in [4.78, 5) is 17.3. The summed E-state index contributed by atoms with van der Waals surface area (Å²) < 4.78 is 11.4. The number of amides is 1. The fourth-order valence-corrected chi connectivity index (χ4v) is 4.74. The number of aromatic nitrogens is 1. The van der Waals surface area contributed by atoms with Crippen molar-refractivity contribution >= 4 is 45.9 Å². The van der Waals surface area contributed by atoms with E-state index in [0.717, 1.165) is 33.2 Å². The molecule has 41 heavy (non-hydrogen) atoms. The molecular weight excluding hydrogens is 556 g/mol. The first-order valence-electron chi connectivity index (χ1n) is 12.8. The number of hydrogen-bond acceptors (Lipinski definition) is 7. The van der Waals surface area contributed by atoms with Crippen molar-refractivity contribution < 1.29 is 14.3 Å². The number of halogens is 1. The van der Waals surface area contributed by atoms with E-state index in [9.17, 15) is 4.79 Å². The van der Waals surface area contributed by atoms with Crippen molar-refractivity contribution in [3.05, 3.63) is 124 Å². The molecule has 7 nitrogen and oxygen atoms in total. The van der Waals surface area contributed by atoms with Crippen LogP contribution in [0.3, 0.4) is 0 Å². The Morgan fingerprint density at radius 2 is 1.73 bits per heavy atom. The maximum absolute atomic E-state index is 12.6. The van der Waals surface area contributed by atoms with Crippen LogP contribution in [0.4, 0.5) is 10.8 Å². The molecule has 0 spiro atoms. The van der Waals surface area contributed by atoms with Gasteiger partial charge in [-0.25, -0.2) is 10.4 Å². The van der Waals surface area contributed by atoms with E-state index in [0.29, 0.717) is 28.7 Å². The van der Waals surface area contributed by atoms with Gasteiger partial charge in [0.2, 0.25) is 0 Å². The van der Waals surface area contributed by atoms with Gasteiger partial charge in [0.25, 0.3) is 5.91 Å². The van der Waals surface area contributed by atoms with Gasteiger partial charge in [0.15, 0.2) is 16.6 Å². The van der Waals surface area contributed by atoms with Gasteiger partial charge in [-0.3, -0.25) is 4.79 Å². The van der Waals surface area contributed by atoms with Gasteiger partial charge in [-0.1, -0.05) is 53.6 Å². The van der Waals surface area contributed by atoms with Crippen LogP contribution in [0.2, 0.25) is 5.02 Å². The second-order valence-electron chi connectivity index (χ2n) is 9.13. The summed E-state index contributed by atoms with van der Waals surface area (Å²) in [6.45, 7) is 2.43. The van der Waals surface area contributed by atoms with Gasteiger partial charge in [-0.2, -0.15) is 5.10 Å². The highest BCUT2D eigenvalue weighted by atomic mass is 35.5. The second-order valence-corrected chi connectivity index (χ2v) is 10.4. The highest BCUT2D eigenvalue weighted by Gasteiger charge is 2.09. The van der Waals surface area contributed by atoms with E-state index in [1.54, 1.807) is 37.6 Å². The molecule has 2 N–H and O–H groups in total. The van der Waals surface area contributed by atoms with Crippen LogP contribution < -0.4 is 20.2 Å². The highest BCUT2D eigenvalue weighted by molar-refractivity contribution is 7.14. The first-order valence-corrected chi connectivity index (χ1v) is 14.0. The predicted molar refractivity (Wildman–Crippen MR) is 166 cm³/mol. The quantitative estimate of drug-likeness (QED) is 0.129. The van der Waals surface area contributed by atoms with E-state index < -0.39 is 0 Å². The van der Waals surface area contributed by atoms with Crippen LogP contribution in [0.15, 0.2) is 101 Å². The van der Waals surface area contributed by atoms with E-state index in [4.69, 9.17) is 21.1 Å². The third kappa shape index (κ3) is 7.51. The molecule has 1 amide bonds. The summed E-state index contributed by atoms with van der Waals surface area (Å²) in [5.41, 5.74) is 8.74. The average molecular weight is 583 g/mol. The van der Waals surface area contributed by atoms with Crippen molar-refractivity contribution in [3.63, 3.8) is 0 Å². The van der Waals surface area contributed by atoms with Gasteiger partial charge < -0.3 is 14.8 Å². The molecule has 1 heterocycles. The van der Waals surface area contributed by atoms with Crippen molar-refractivity contribution in [2.75, 3.05) is 12.4 Å². The van der Waals surface area contributed by atoms with Gasteiger partial charge in [0.05, 0.1) is 19.0 Å². The number of rotatable bonds is 10. The fourth-order valence-electron chi connectivity index (χ4n) is 3.87. The molecule has 0 saturated heterocycles. The van der Waals surface area contributed by atoms with Crippen LogP contribution >= 0.6 is 22.9 Å². The maximum atomic E-state index is 12.6. The molecular formula is C32H27ClN4O3S. The number of nitrogens with one attached hydrogen (secondary N) is 2. The summed E-state index contributed by atoms with van der Waals surface area (Å²) in [6.07, 6.45) is 1.55. The Bertz CT molecular complexity index is 1650. The number of carbonyl (C=O) groups excluding carboxylic acids is 1. The number of benzene rings is 4. The first-order chi connectivity index (χ1) is 20.0. The molecule has 0 radical (unpaired) electrons. The Kier molecular flexibility index (Phi) is 8.93. The summed E-state index contributed by atoms with van der Waals surface area (Å²) >= 11 is 7.47. The standard InChI is InChI=1S/C32H27ClN4O3S/c1-21-3-14-27(15-4-21)35-32-36-28(20-41-32)24-8-10-25(11-9-24)31(38)37-34-18-23-7-16-29(30(17-23)39-2)40-19-22-5-12-26(33)13-6-22/h3-18,20H,19H2,1-2H3,(H,35,36)(H,37,38)/b34-18-. The lowest BCUT2D eigenvalue weighted by Gasteiger charge is -2.11. The van der Waals surface area contributed by atoms with Crippen LogP contribution in [0.5, 0.6) is 11.5 Å². The lowest BCUT2D eigenvalue weighted by atomic mass is 10.1. The molecule has 9 heteroatoms. The maximum Gasteiger partial charge on any atom is 0.271 e. The Morgan fingerprint density at radius 1 is 0.976 bits per heavy atom. The minimum Gasteiger partial charge on any atom is -0.493 e. The number of thiazole rings is 1. The highest BCUT2D eigenvalue weighted by Crippen LogP contribution is 2.29. The van der Waals surface area contributed by atoms with Gasteiger partial charge in [0, 0.05) is 27.2 Å². The number of hydrazone groups is 1. The number of anilines is 2.